The molecule has 1 atom stereocenters. The zero-order valence-electron chi connectivity index (χ0n) is 16.0. The van der Waals surface area contributed by atoms with Gasteiger partial charge < -0.3 is 11.1 Å². The minimum Gasteiger partial charge on any atom is -0.366 e. The Labute approximate surface area is 185 Å². The van der Waals surface area contributed by atoms with Gasteiger partial charge in [-0.1, -0.05) is 35.3 Å². The first kappa shape index (κ1) is 22.6. The minimum absolute atomic E-state index is 0.0613. The number of nitrogens with two attached hydrogens (primary N) is 1. The van der Waals surface area contributed by atoms with Gasteiger partial charge in [-0.05, 0) is 43.2 Å². The van der Waals surface area contributed by atoms with Gasteiger partial charge in [0.15, 0.2) is 0 Å². The van der Waals surface area contributed by atoms with Crippen molar-refractivity contribution in [2.24, 2.45) is 11.7 Å². The lowest BCUT2D eigenvalue weighted by Gasteiger charge is -2.31. The lowest BCUT2D eigenvalue weighted by Crippen LogP contribution is -2.44. The van der Waals surface area contributed by atoms with Crippen LogP contribution in [0.4, 0.5) is 5.69 Å². The Bertz CT molecular complexity index is 1060. The van der Waals surface area contributed by atoms with Gasteiger partial charge in [0.05, 0.1) is 11.7 Å². The van der Waals surface area contributed by atoms with Gasteiger partial charge in [0.2, 0.25) is 21.8 Å². The van der Waals surface area contributed by atoms with Gasteiger partial charge in [0.25, 0.3) is 0 Å². The number of rotatable bonds is 6. The molecule has 1 aliphatic rings. The Morgan fingerprint density at radius 3 is 2.47 bits per heavy atom. The zero-order chi connectivity index (χ0) is 21.9. The first-order valence-corrected chi connectivity index (χ1v) is 11.7. The summed E-state index contributed by atoms with van der Waals surface area (Å²) in [5, 5.41) is 3.30. The predicted molar refractivity (Wildman–Crippen MR) is 117 cm³/mol. The molecule has 0 aromatic heterocycles. The third-order valence-corrected chi connectivity index (χ3v) is 7.43. The first-order valence-electron chi connectivity index (χ1n) is 9.29. The number of anilines is 1. The van der Waals surface area contributed by atoms with E-state index < -0.39 is 21.8 Å². The van der Waals surface area contributed by atoms with E-state index in [1.54, 1.807) is 36.4 Å². The predicted octanol–water partition coefficient (Wildman–Crippen LogP) is 3.27. The number of carbonyl (C=O) groups excluding carboxylic acids is 2. The quantitative estimate of drug-likeness (QED) is 0.675. The molecule has 10 heteroatoms. The standard InChI is InChI=1S/C20H21Cl2N3O4S/c21-17-7-2-8-18(22)16(17)12-30(28,29)25-9-3-5-14(11-25)20(27)24-15-6-1-4-13(10-15)19(23)26/h1-2,4,6-8,10,14H,3,5,9,11-12H2,(H2,23,26)(H,24,27). The summed E-state index contributed by atoms with van der Waals surface area (Å²) in [4.78, 5) is 24.0. The molecule has 0 bridgehead atoms. The van der Waals surface area contributed by atoms with E-state index in [1.807, 2.05) is 0 Å². The second-order valence-electron chi connectivity index (χ2n) is 7.09. The third kappa shape index (κ3) is 5.31. The Hall–Kier alpha value is -2.13. The van der Waals surface area contributed by atoms with Crippen LogP contribution in [0.5, 0.6) is 0 Å². The molecule has 0 radical (unpaired) electrons. The minimum atomic E-state index is -3.72. The van der Waals surface area contributed by atoms with Crippen LogP contribution in [-0.4, -0.2) is 37.6 Å². The van der Waals surface area contributed by atoms with Crippen LogP contribution in [0.2, 0.25) is 10.0 Å². The van der Waals surface area contributed by atoms with Crippen molar-refractivity contribution in [2.45, 2.75) is 18.6 Å². The van der Waals surface area contributed by atoms with Gasteiger partial charge in [-0.15, -0.1) is 0 Å². The van der Waals surface area contributed by atoms with E-state index in [4.69, 9.17) is 28.9 Å². The normalized spacial score (nSPS) is 17.5. The van der Waals surface area contributed by atoms with Crippen LogP contribution in [0.1, 0.15) is 28.8 Å². The molecule has 0 spiro atoms. The van der Waals surface area contributed by atoms with E-state index >= 15 is 0 Å². The van der Waals surface area contributed by atoms with Gasteiger partial charge in [-0.3, -0.25) is 9.59 Å². The molecule has 2 aromatic rings. The third-order valence-electron chi connectivity index (χ3n) is 4.95. The Morgan fingerprint density at radius 2 is 1.80 bits per heavy atom. The number of carbonyl (C=O) groups is 2. The smallest absolute Gasteiger partial charge is 0.248 e. The maximum atomic E-state index is 12.9. The Balaban J connectivity index is 1.70. The second-order valence-corrected chi connectivity index (χ2v) is 9.87. The van der Waals surface area contributed by atoms with E-state index in [1.165, 1.54) is 10.4 Å². The van der Waals surface area contributed by atoms with Crippen molar-refractivity contribution in [2.75, 3.05) is 18.4 Å². The van der Waals surface area contributed by atoms with Crippen molar-refractivity contribution in [1.82, 2.24) is 4.31 Å². The highest BCUT2D eigenvalue weighted by molar-refractivity contribution is 7.88. The number of primary amides is 1. The molecule has 160 valence electrons. The number of halogens is 2. The van der Waals surface area contributed by atoms with E-state index in [9.17, 15) is 18.0 Å². The molecule has 0 saturated carbocycles. The van der Waals surface area contributed by atoms with Crippen molar-refractivity contribution in [3.63, 3.8) is 0 Å². The largest absolute Gasteiger partial charge is 0.366 e. The summed E-state index contributed by atoms with van der Waals surface area (Å²) in [6, 6.07) is 11.1. The molecule has 1 unspecified atom stereocenters. The van der Waals surface area contributed by atoms with E-state index in [2.05, 4.69) is 5.32 Å². The highest BCUT2D eigenvalue weighted by Gasteiger charge is 2.33. The number of benzene rings is 2. The van der Waals surface area contributed by atoms with Gasteiger partial charge in [0, 0.05) is 39.9 Å². The molecule has 3 N–H and O–H groups in total. The van der Waals surface area contributed by atoms with Crippen molar-refractivity contribution in [3.8, 4) is 0 Å². The van der Waals surface area contributed by atoms with Crippen molar-refractivity contribution in [1.29, 1.82) is 0 Å². The van der Waals surface area contributed by atoms with Gasteiger partial charge in [0.1, 0.15) is 0 Å². The van der Waals surface area contributed by atoms with Crippen LogP contribution in [0.25, 0.3) is 0 Å². The van der Waals surface area contributed by atoms with Crippen molar-refractivity contribution < 1.29 is 18.0 Å². The molecule has 7 nitrogen and oxygen atoms in total. The average Bonchev–Trinajstić information content (AvgIpc) is 2.71. The highest BCUT2D eigenvalue weighted by atomic mass is 35.5. The van der Waals surface area contributed by atoms with Crippen LogP contribution in [0, 0.1) is 5.92 Å². The van der Waals surface area contributed by atoms with Crippen LogP contribution in [0.15, 0.2) is 42.5 Å². The average molecular weight is 470 g/mol. The van der Waals surface area contributed by atoms with Crippen LogP contribution >= 0.6 is 23.2 Å². The van der Waals surface area contributed by atoms with E-state index in [0.717, 1.165) is 0 Å². The number of amides is 2. The van der Waals surface area contributed by atoms with Crippen LogP contribution in [0.3, 0.4) is 0 Å². The monoisotopic (exact) mass is 469 g/mol. The number of nitrogens with zero attached hydrogens (tertiary/aromatic N) is 1. The topological polar surface area (TPSA) is 110 Å². The lowest BCUT2D eigenvalue weighted by molar-refractivity contribution is -0.120. The highest BCUT2D eigenvalue weighted by Crippen LogP contribution is 2.29. The summed E-state index contributed by atoms with van der Waals surface area (Å²) in [5.74, 6) is -1.76. The maximum Gasteiger partial charge on any atom is 0.248 e. The molecule has 1 aliphatic heterocycles. The molecule has 3 rings (SSSR count). The van der Waals surface area contributed by atoms with Crippen LogP contribution in [-0.2, 0) is 20.6 Å². The molecule has 30 heavy (non-hydrogen) atoms. The molecule has 0 aliphatic carbocycles. The molecule has 1 fully saturated rings. The zero-order valence-corrected chi connectivity index (χ0v) is 18.3. The second kappa shape index (κ2) is 9.34. The molecule has 2 amide bonds. The number of sulfonamides is 1. The molecular weight excluding hydrogens is 449 g/mol. The van der Waals surface area contributed by atoms with Crippen molar-refractivity contribution >= 4 is 50.7 Å². The van der Waals surface area contributed by atoms with Crippen molar-refractivity contribution in [3.05, 3.63) is 63.6 Å². The van der Waals surface area contributed by atoms with Gasteiger partial charge in [-0.2, -0.15) is 0 Å². The number of hydrogen-bond acceptors (Lipinski definition) is 4. The summed E-state index contributed by atoms with van der Waals surface area (Å²) < 4.78 is 27.2. The Morgan fingerprint density at radius 1 is 1.13 bits per heavy atom. The fourth-order valence-corrected chi connectivity index (χ4v) is 5.71. The summed E-state index contributed by atoms with van der Waals surface area (Å²) in [6.45, 7) is 0.386. The molecular formula is C20H21Cl2N3O4S. The molecule has 1 heterocycles. The van der Waals surface area contributed by atoms with Gasteiger partial charge in [-0.25, -0.2) is 12.7 Å². The summed E-state index contributed by atoms with van der Waals surface area (Å²) in [5.41, 5.74) is 6.31. The van der Waals surface area contributed by atoms with Gasteiger partial charge >= 0.3 is 0 Å². The fourth-order valence-electron chi connectivity index (χ4n) is 3.35. The summed E-state index contributed by atoms with van der Waals surface area (Å²) in [6.07, 6.45) is 1.11. The number of nitrogens with one attached hydrogen (secondary N) is 1. The first-order chi connectivity index (χ1) is 14.2. The maximum absolute atomic E-state index is 12.9. The Kier molecular flexibility index (Phi) is 7.02. The number of hydrogen-bond donors (Lipinski definition) is 2. The summed E-state index contributed by atoms with van der Waals surface area (Å²) >= 11 is 12.2. The lowest BCUT2D eigenvalue weighted by atomic mass is 9.98. The van der Waals surface area contributed by atoms with Crippen LogP contribution < -0.4 is 11.1 Å². The summed E-state index contributed by atoms with van der Waals surface area (Å²) in [7, 11) is -3.72. The number of piperidine rings is 1. The van der Waals surface area contributed by atoms with E-state index in [-0.39, 0.29) is 33.8 Å². The van der Waals surface area contributed by atoms with E-state index in [0.29, 0.717) is 30.6 Å². The fraction of sp³-hybridized carbons (Fsp3) is 0.300. The molecule has 1 saturated heterocycles. The molecule has 2 aromatic carbocycles. The SMILES string of the molecule is NC(=O)c1cccc(NC(=O)C2CCCN(S(=O)(=O)Cc3c(Cl)cccc3Cl)C2)c1.